The van der Waals surface area contributed by atoms with Crippen molar-refractivity contribution in [3.63, 3.8) is 0 Å². The Morgan fingerprint density at radius 3 is 2.71 bits per heavy atom. The molecule has 5 nitrogen and oxygen atoms in total. The summed E-state index contributed by atoms with van der Waals surface area (Å²) in [7, 11) is 1.50. The third kappa shape index (κ3) is 3.73. The van der Waals surface area contributed by atoms with Crippen LogP contribution in [0.3, 0.4) is 0 Å². The molecule has 2 unspecified atom stereocenters. The number of aryl methyl sites for hydroxylation is 2. The Balaban J connectivity index is 1.55. The number of aromatic nitrogens is 4. The lowest BCUT2D eigenvalue weighted by Crippen LogP contribution is -2.17. The zero-order valence-electron chi connectivity index (χ0n) is 16.7. The van der Waals surface area contributed by atoms with Gasteiger partial charge < -0.3 is 9.72 Å². The summed E-state index contributed by atoms with van der Waals surface area (Å²) >= 11 is 0. The van der Waals surface area contributed by atoms with Crippen LogP contribution in [0, 0.1) is 24.6 Å². The molecule has 1 aliphatic rings. The zero-order chi connectivity index (χ0) is 19.7. The average Bonchev–Trinajstić information content (AvgIpc) is 3.44. The quantitative estimate of drug-likeness (QED) is 0.598. The number of imidazole rings is 1. The van der Waals surface area contributed by atoms with E-state index in [0.29, 0.717) is 23.5 Å². The van der Waals surface area contributed by atoms with Crippen molar-refractivity contribution >= 4 is 11.0 Å². The summed E-state index contributed by atoms with van der Waals surface area (Å²) in [6.45, 7) is 4.27. The predicted octanol–water partition coefficient (Wildman–Crippen LogP) is 4.96. The number of nitrogens with zero attached hydrogens (tertiary/aromatic N) is 3. The van der Waals surface area contributed by atoms with Gasteiger partial charge in [0.2, 0.25) is 0 Å². The zero-order valence-corrected chi connectivity index (χ0v) is 16.7. The smallest absolute Gasteiger partial charge is 0.165 e. The number of hydrogen-bond donors (Lipinski definition) is 1. The summed E-state index contributed by atoms with van der Waals surface area (Å²) in [5.41, 5.74) is 3.96. The lowest BCUT2D eigenvalue weighted by molar-refractivity contribution is 0.341. The molecule has 28 heavy (non-hydrogen) atoms. The first-order valence-electron chi connectivity index (χ1n) is 10.1. The molecule has 4 rings (SSSR count). The minimum Gasteiger partial charge on any atom is -0.494 e. The molecule has 2 aromatic heterocycles. The number of aromatic amines is 1. The minimum absolute atomic E-state index is 0.285. The van der Waals surface area contributed by atoms with Crippen LogP contribution in [0.4, 0.5) is 4.39 Å². The molecule has 6 heteroatoms. The van der Waals surface area contributed by atoms with Gasteiger partial charge in [0.25, 0.3) is 0 Å². The maximum atomic E-state index is 14.2. The van der Waals surface area contributed by atoms with Crippen LogP contribution in [0.15, 0.2) is 24.5 Å². The number of methoxy groups -OCH3 is 1. The van der Waals surface area contributed by atoms with Gasteiger partial charge >= 0.3 is 0 Å². The molecule has 0 amide bonds. The van der Waals surface area contributed by atoms with Gasteiger partial charge in [-0.05, 0) is 67.7 Å². The summed E-state index contributed by atoms with van der Waals surface area (Å²) in [6, 6.07) is 3.43. The fraction of sp³-hybridized carbons (Fsp3) is 0.500. The van der Waals surface area contributed by atoms with Gasteiger partial charge in [0.15, 0.2) is 11.6 Å². The molecular formula is C22H27FN4O. The summed E-state index contributed by atoms with van der Waals surface area (Å²) < 4.78 is 19.3. The Bertz CT molecular complexity index is 933. The van der Waals surface area contributed by atoms with Crippen molar-refractivity contribution in [2.45, 2.75) is 51.9 Å². The minimum atomic E-state index is -0.285. The molecule has 0 saturated heterocycles. The number of nitrogens with one attached hydrogen (secondary N) is 1. The van der Waals surface area contributed by atoms with Gasteiger partial charge in [-0.1, -0.05) is 13.3 Å². The highest BCUT2D eigenvalue weighted by Gasteiger charge is 2.38. The lowest BCUT2D eigenvalue weighted by Gasteiger charge is -2.25. The van der Waals surface area contributed by atoms with E-state index in [0.717, 1.165) is 47.2 Å². The number of ether oxygens (including phenoxy) is 1. The monoisotopic (exact) mass is 382 g/mol. The highest BCUT2D eigenvalue weighted by molar-refractivity contribution is 5.72. The van der Waals surface area contributed by atoms with Crippen LogP contribution in [0.25, 0.3) is 11.0 Å². The number of hydrogen-bond acceptors (Lipinski definition) is 4. The largest absolute Gasteiger partial charge is 0.494 e. The Labute approximate surface area is 164 Å². The van der Waals surface area contributed by atoms with E-state index in [1.807, 2.05) is 6.92 Å². The van der Waals surface area contributed by atoms with Gasteiger partial charge in [-0.15, -0.1) is 0 Å². The van der Waals surface area contributed by atoms with Crippen molar-refractivity contribution in [3.8, 4) is 5.75 Å². The van der Waals surface area contributed by atoms with E-state index >= 15 is 0 Å². The highest BCUT2D eigenvalue weighted by atomic mass is 19.1. The fourth-order valence-electron chi connectivity index (χ4n) is 4.34. The Kier molecular flexibility index (Phi) is 5.29. The molecule has 2 atom stereocenters. The molecule has 1 N–H and O–H groups in total. The predicted molar refractivity (Wildman–Crippen MR) is 107 cm³/mol. The first-order chi connectivity index (χ1) is 13.6. The number of benzene rings is 1. The first-order valence-corrected chi connectivity index (χ1v) is 10.1. The number of fused-ring (bicyclic) bond motifs is 1. The fourth-order valence-corrected chi connectivity index (χ4v) is 4.34. The first kappa shape index (κ1) is 18.8. The van der Waals surface area contributed by atoms with Crippen LogP contribution < -0.4 is 4.74 Å². The SMILES string of the molecule is CCC(CCc1cc(F)c(OC)cc1C)C(c1nc2cnncc2[nH]1)C1CC1. The molecule has 1 fully saturated rings. The maximum absolute atomic E-state index is 14.2. The standard InChI is InChI=1S/C22H27FN4O/c1-4-14(5-8-16-10-17(23)20(28-3)9-13(16)2)21(15-6-7-15)22-26-18-11-24-25-12-19(18)27-22/h9-12,14-15,21H,4-8H2,1-3H3,(H,26,27). The van der Waals surface area contributed by atoms with Crippen molar-refractivity contribution in [1.82, 2.24) is 20.2 Å². The van der Waals surface area contributed by atoms with Crippen molar-refractivity contribution in [3.05, 3.63) is 47.3 Å². The molecule has 0 radical (unpaired) electrons. The van der Waals surface area contributed by atoms with E-state index < -0.39 is 0 Å². The molecule has 1 saturated carbocycles. The van der Waals surface area contributed by atoms with Gasteiger partial charge in [-0.25, -0.2) is 9.37 Å². The van der Waals surface area contributed by atoms with Gasteiger partial charge in [0.1, 0.15) is 11.3 Å². The molecule has 3 aromatic rings. The maximum Gasteiger partial charge on any atom is 0.165 e. The second kappa shape index (κ2) is 7.86. The third-order valence-corrected chi connectivity index (χ3v) is 6.09. The van der Waals surface area contributed by atoms with E-state index in [1.165, 1.54) is 20.0 Å². The second-order valence-corrected chi connectivity index (χ2v) is 7.89. The van der Waals surface area contributed by atoms with Crippen LogP contribution in [0.1, 0.15) is 55.5 Å². The van der Waals surface area contributed by atoms with E-state index in [2.05, 4.69) is 22.1 Å². The van der Waals surface area contributed by atoms with E-state index in [-0.39, 0.29) is 5.82 Å². The molecule has 1 aliphatic carbocycles. The number of rotatable bonds is 8. The highest BCUT2D eigenvalue weighted by Crippen LogP contribution is 2.48. The summed E-state index contributed by atoms with van der Waals surface area (Å²) in [5.74, 6) is 2.66. The Hall–Kier alpha value is -2.50. The van der Waals surface area contributed by atoms with Gasteiger partial charge in [0, 0.05) is 5.92 Å². The molecular weight excluding hydrogens is 355 g/mol. The molecule has 0 spiro atoms. The summed E-state index contributed by atoms with van der Waals surface area (Å²) in [6.07, 6.45) is 8.90. The topological polar surface area (TPSA) is 63.7 Å². The van der Waals surface area contributed by atoms with Crippen LogP contribution in [0.5, 0.6) is 5.75 Å². The van der Waals surface area contributed by atoms with E-state index in [9.17, 15) is 4.39 Å². The number of halogens is 1. The molecule has 0 bridgehead atoms. The normalized spacial score (nSPS) is 16.3. The van der Waals surface area contributed by atoms with Crippen LogP contribution >= 0.6 is 0 Å². The Morgan fingerprint density at radius 1 is 1.25 bits per heavy atom. The molecule has 148 valence electrons. The second-order valence-electron chi connectivity index (χ2n) is 7.89. The average molecular weight is 382 g/mol. The number of H-pyrrole nitrogens is 1. The summed E-state index contributed by atoms with van der Waals surface area (Å²) in [4.78, 5) is 8.29. The summed E-state index contributed by atoms with van der Waals surface area (Å²) in [5, 5.41) is 7.89. The van der Waals surface area contributed by atoms with Crippen molar-refractivity contribution in [2.24, 2.45) is 11.8 Å². The van der Waals surface area contributed by atoms with Crippen molar-refractivity contribution < 1.29 is 9.13 Å². The molecule has 2 heterocycles. The third-order valence-electron chi connectivity index (χ3n) is 6.09. The van der Waals surface area contributed by atoms with E-state index in [4.69, 9.17) is 9.72 Å². The van der Waals surface area contributed by atoms with Crippen LogP contribution in [-0.4, -0.2) is 27.3 Å². The van der Waals surface area contributed by atoms with E-state index in [1.54, 1.807) is 24.5 Å². The molecule has 0 aliphatic heterocycles. The van der Waals surface area contributed by atoms with Gasteiger partial charge in [-0.3, -0.25) is 0 Å². The Morgan fingerprint density at radius 2 is 2.04 bits per heavy atom. The van der Waals surface area contributed by atoms with Gasteiger partial charge in [0.05, 0.1) is 25.0 Å². The lowest BCUT2D eigenvalue weighted by atomic mass is 9.81. The van der Waals surface area contributed by atoms with Crippen molar-refractivity contribution in [2.75, 3.05) is 7.11 Å². The van der Waals surface area contributed by atoms with Crippen LogP contribution in [0.2, 0.25) is 0 Å². The van der Waals surface area contributed by atoms with Gasteiger partial charge in [-0.2, -0.15) is 10.2 Å². The molecule has 1 aromatic carbocycles. The van der Waals surface area contributed by atoms with Crippen LogP contribution in [-0.2, 0) is 6.42 Å². The van der Waals surface area contributed by atoms with Crippen molar-refractivity contribution in [1.29, 1.82) is 0 Å².